The molecule has 0 spiro atoms. The quantitative estimate of drug-likeness (QED) is 0.865. The highest BCUT2D eigenvalue weighted by Crippen LogP contribution is 2.20. The number of methoxy groups -OCH3 is 1. The number of hydrogen-bond donors (Lipinski definition) is 1. The summed E-state index contributed by atoms with van der Waals surface area (Å²) in [6.07, 6.45) is 1.34. The summed E-state index contributed by atoms with van der Waals surface area (Å²) < 4.78 is 5.17. The number of piperazine rings is 1. The van der Waals surface area contributed by atoms with Gasteiger partial charge in [0, 0.05) is 38.3 Å². The molecule has 1 fully saturated rings. The SMILES string of the molecule is COc1ccc(N2CCN(CCCC(N)=O)CC2)cc1.Cl. The average Bonchev–Trinajstić information content (AvgIpc) is 2.48. The van der Waals surface area contributed by atoms with Crippen molar-refractivity contribution in [3.05, 3.63) is 24.3 Å². The van der Waals surface area contributed by atoms with Gasteiger partial charge in [-0.25, -0.2) is 0 Å². The lowest BCUT2D eigenvalue weighted by atomic mass is 10.2. The lowest BCUT2D eigenvalue weighted by Gasteiger charge is -2.36. The van der Waals surface area contributed by atoms with Gasteiger partial charge in [0.15, 0.2) is 0 Å². The summed E-state index contributed by atoms with van der Waals surface area (Å²) in [5, 5.41) is 0. The highest BCUT2D eigenvalue weighted by molar-refractivity contribution is 5.85. The molecule has 1 heterocycles. The zero-order valence-electron chi connectivity index (χ0n) is 12.5. The minimum absolute atomic E-state index is 0. The molecular formula is C15H24ClN3O2. The topological polar surface area (TPSA) is 58.8 Å². The summed E-state index contributed by atoms with van der Waals surface area (Å²) in [6, 6.07) is 8.19. The number of hydrogen-bond acceptors (Lipinski definition) is 4. The number of primary amides is 1. The normalized spacial score (nSPS) is 15.4. The number of nitrogens with two attached hydrogens (primary N) is 1. The van der Waals surface area contributed by atoms with Crippen LogP contribution in [0.1, 0.15) is 12.8 Å². The van der Waals surface area contributed by atoms with Crippen LogP contribution in [0.5, 0.6) is 5.75 Å². The van der Waals surface area contributed by atoms with Gasteiger partial charge in [0.1, 0.15) is 5.75 Å². The molecule has 1 saturated heterocycles. The molecule has 0 aromatic heterocycles. The van der Waals surface area contributed by atoms with Crippen LogP contribution in [0.3, 0.4) is 0 Å². The molecule has 0 unspecified atom stereocenters. The lowest BCUT2D eigenvalue weighted by molar-refractivity contribution is -0.118. The van der Waals surface area contributed by atoms with Crippen molar-refractivity contribution in [1.82, 2.24) is 4.90 Å². The third-order valence-corrected chi connectivity index (χ3v) is 3.71. The molecule has 118 valence electrons. The lowest BCUT2D eigenvalue weighted by Crippen LogP contribution is -2.46. The third-order valence-electron chi connectivity index (χ3n) is 3.71. The second-order valence-corrected chi connectivity index (χ2v) is 5.10. The summed E-state index contributed by atoms with van der Waals surface area (Å²) in [5.41, 5.74) is 6.39. The van der Waals surface area contributed by atoms with Gasteiger partial charge in [-0.2, -0.15) is 0 Å². The second kappa shape index (κ2) is 8.74. The van der Waals surface area contributed by atoms with Crippen molar-refractivity contribution in [2.75, 3.05) is 44.7 Å². The first kappa shape index (κ1) is 17.6. The molecule has 1 aromatic carbocycles. The predicted molar refractivity (Wildman–Crippen MR) is 87.3 cm³/mol. The Kier molecular flexibility index (Phi) is 7.32. The van der Waals surface area contributed by atoms with Crippen LogP contribution in [0.25, 0.3) is 0 Å². The van der Waals surface area contributed by atoms with Crippen LogP contribution in [-0.4, -0.2) is 50.6 Å². The first-order valence-electron chi connectivity index (χ1n) is 7.08. The van der Waals surface area contributed by atoms with Crippen molar-refractivity contribution in [3.63, 3.8) is 0 Å². The maximum Gasteiger partial charge on any atom is 0.217 e. The van der Waals surface area contributed by atoms with E-state index >= 15 is 0 Å². The molecule has 0 aliphatic carbocycles. The third kappa shape index (κ3) is 5.44. The van der Waals surface area contributed by atoms with Gasteiger partial charge in [0.05, 0.1) is 7.11 Å². The molecule has 5 nitrogen and oxygen atoms in total. The molecule has 21 heavy (non-hydrogen) atoms. The van der Waals surface area contributed by atoms with E-state index in [0.29, 0.717) is 6.42 Å². The second-order valence-electron chi connectivity index (χ2n) is 5.10. The fourth-order valence-corrected chi connectivity index (χ4v) is 2.50. The molecule has 2 N–H and O–H groups in total. The van der Waals surface area contributed by atoms with Crippen molar-refractivity contribution in [3.8, 4) is 5.75 Å². The van der Waals surface area contributed by atoms with E-state index in [-0.39, 0.29) is 18.3 Å². The average molecular weight is 314 g/mol. The Morgan fingerprint density at radius 1 is 1.19 bits per heavy atom. The first-order chi connectivity index (χ1) is 9.69. The number of rotatable bonds is 6. The maximum atomic E-state index is 10.7. The summed E-state index contributed by atoms with van der Waals surface area (Å²) in [4.78, 5) is 15.5. The van der Waals surface area contributed by atoms with Gasteiger partial charge in [-0.1, -0.05) is 0 Å². The van der Waals surface area contributed by atoms with Crippen molar-refractivity contribution in [1.29, 1.82) is 0 Å². The standard InChI is InChI=1S/C15H23N3O2.ClH/c1-20-14-6-4-13(5-7-14)18-11-9-17(10-12-18)8-2-3-15(16)19;/h4-7H,2-3,8-12H2,1H3,(H2,16,19);1H. The van der Waals surface area contributed by atoms with Crippen LogP contribution in [0, 0.1) is 0 Å². The van der Waals surface area contributed by atoms with Gasteiger partial charge in [0.25, 0.3) is 0 Å². The number of benzene rings is 1. The fraction of sp³-hybridized carbons (Fsp3) is 0.533. The Morgan fingerprint density at radius 2 is 1.81 bits per heavy atom. The van der Waals surface area contributed by atoms with E-state index in [0.717, 1.165) is 44.9 Å². The predicted octanol–water partition coefficient (Wildman–Crippen LogP) is 1.50. The molecule has 1 aromatic rings. The molecule has 1 amide bonds. The smallest absolute Gasteiger partial charge is 0.217 e. The van der Waals surface area contributed by atoms with Crippen molar-refractivity contribution in [2.24, 2.45) is 5.73 Å². The van der Waals surface area contributed by atoms with Gasteiger partial charge in [-0.3, -0.25) is 9.69 Å². The van der Waals surface area contributed by atoms with Crippen LogP contribution in [-0.2, 0) is 4.79 Å². The number of halogens is 1. The molecule has 0 atom stereocenters. The first-order valence-corrected chi connectivity index (χ1v) is 7.08. The molecule has 0 radical (unpaired) electrons. The number of nitrogens with zero attached hydrogens (tertiary/aromatic N) is 2. The maximum absolute atomic E-state index is 10.7. The zero-order valence-corrected chi connectivity index (χ0v) is 13.3. The van der Waals surface area contributed by atoms with Crippen LogP contribution in [0.4, 0.5) is 5.69 Å². The van der Waals surface area contributed by atoms with Gasteiger partial charge in [0.2, 0.25) is 5.91 Å². The number of anilines is 1. The van der Waals surface area contributed by atoms with E-state index in [4.69, 9.17) is 10.5 Å². The molecule has 6 heteroatoms. The minimum Gasteiger partial charge on any atom is -0.497 e. The van der Waals surface area contributed by atoms with Crippen LogP contribution in [0.2, 0.25) is 0 Å². The van der Waals surface area contributed by atoms with Gasteiger partial charge < -0.3 is 15.4 Å². The minimum atomic E-state index is -0.207. The molecule has 2 rings (SSSR count). The molecule has 0 bridgehead atoms. The molecule has 1 aliphatic heterocycles. The molecule has 0 saturated carbocycles. The van der Waals surface area contributed by atoms with Crippen LogP contribution < -0.4 is 15.4 Å². The van der Waals surface area contributed by atoms with E-state index in [1.54, 1.807) is 7.11 Å². The van der Waals surface area contributed by atoms with Gasteiger partial charge in [-0.05, 0) is 37.2 Å². The number of carbonyl (C=O) groups excluding carboxylic acids is 1. The highest BCUT2D eigenvalue weighted by Gasteiger charge is 2.16. The van der Waals surface area contributed by atoms with E-state index in [2.05, 4.69) is 21.9 Å². The zero-order chi connectivity index (χ0) is 14.4. The molecule has 1 aliphatic rings. The molecular weight excluding hydrogens is 290 g/mol. The van der Waals surface area contributed by atoms with Gasteiger partial charge >= 0.3 is 0 Å². The Balaban J connectivity index is 0.00000220. The van der Waals surface area contributed by atoms with E-state index < -0.39 is 0 Å². The number of ether oxygens (including phenoxy) is 1. The number of amides is 1. The van der Waals surface area contributed by atoms with Gasteiger partial charge in [-0.15, -0.1) is 12.4 Å². The van der Waals surface area contributed by atoms with Crippen LogP contribution >= 0.6 is 12.4 Å². The largest absolute Gasteiger partial charge is 0.497 e. The van der Waals surface area contributed by atoms with Crippen LogP contribution in [0.15, 0.2) is 24.3 Å². The summed E-state index contributed by atoms with van der Waals surface area (Å²) in [7, 11) is 1.68. The number of carbonyl (C=O) groups is 1. The summed E-state index contributed by atoms with van der Waals surface area (Å²) in [5.74, 6) is 0.681. The van der Waals surface area contributed by atoms with E-state index in [1.165, 1.54) is 5.69 Å². The summed E-state index contributed by atoms with van der Waals surface area (Å²) in [6.45, 7) is 5.06. The van der Waals surface area contributed by atoms with E-state index in [1.807, 2.05) is 12.1 Å². The Labute approximate surface area is 132 Å². The van der Waals surface area contributed by atoms with Crippen molar-refractivity contribution in [2.45, 2.75) is 12.8 Å². The van der Waals surface area contributed by atoms with Crippen molar-refractivity contribution >= 4 is 24.0 Å². The Hall–Kier alpha value is -1.46. The highest BCUT2D eigenvalue weighted by atomic mass is 35.5. The monoisotopic (exact) mass is 313 g/mol. The fourth-order valence-electron chi connectivity index (χ4n) is 2.50. The van der Waals surface area contributed by atoms with E-state index in [9.17, 15) is 4.79 Å². The Morgan fingerprint density at radius 3 is 2.33 bits per heavy atom. The summed E-state index contributed by atoms with van der Waals surface area (Å²) >= 11 is 0. The Bertz CT molecular complexity index is 431. The van der Waals surface area contributed by atoms with Crippen molar-refractivity contribution < 1.29 is 9.53 Å².